The highest BCUT2D eigenvalue weighted by Crippen LogP contribution is 2.26. The van der Waals surface area contributed by atoms with Gasteiger partial charge in [0.05, 0.1) is 14.2 Å². The Hall–Kier alpha value is -1.55. The lowest BCUT2D eigenvalue weighted by atomic mass is 9.83. The van der Waals surface area contributed by atoms with Crippen molar-refractivity contribution in [2.75, 3.05) is 14.2 Å². The number of methoxy groups -OCH3 is 2. The lowest BCUT2D eigenvalue weighted by Gasteiger charge is -2.26. The van der Waals surface area contributed by atoms with Crippen LogP contribution in [0.4, 0.5) is 0 Å². The van der Waals surface area contributed by atoms with Crippen molar-refractivity contribution < 1.29 is 14.3 Å². The van der Waals surface area contributed by atoms with E-state index in [2.05, 4.69) is 0 Å². The van der Waals surface area contributed by atoms with E-state index in [4.69, 9.17) is 15.2 Å². The summed E-state index contributed by atoms with van der Waals surface area (Å²) >= 11 is 0. The van der Waals surface area contributed by atoms with E-state index in [9.17, 15) is 4.79 Å². The summed E-state index contributed by atoms with van der Waals surface area (Å²) in [6.45, 7) is 6.07. The summed E-state index contributed by atoms with van der Waals surface area (Å²) in [5.74, 6) is 1.21. The molecular weight excluding hydrogens is 242 g/mol. The van der Waals surface area contributed by atoms with Gasteiger partial charge in [0.25, 0.3) is 0 Å². The largest absolute Gasteiger partial charge is 0.497 e. The van der Waals surface area contributed by atoms with Gasteiger partial charge in [-0.3, -0.25) is 4.79 Å². The van der Waals surface area contributed by atoms with E-state index in [0.29, 0.717) is 23.5 Å². The van der Waals surface area contributed by atoms with Gasteiger partial charge >= 0.3 is 0 Å². The Kier molecular flexibility index (Phi) is 4.95. The number of ether oxygens (including phenoxy) is 2. The van der Waals surface area contributed by atoms with Crippen LogP contribution in [0.15, 0.2) is 18.2 Å². The van der Waals surface area contributed by atoms with Gasteiger partial charge < -0.3 is 15.2 Å². The van der Waals surface area contributed by atoms with E-state index in [0.717, 1.165) is 0 Å². The van der Waals surface area contributed by atoms with Crippen molar-refractivity contribution in [3.63, 3.8) is 0 Å². The molecule has 1 aromatic rings. The highest BCUT2D eigenvalue weighted by Gasteiger charge is 2.24. The summed E-state index contributed by atoms with van der Waals surface area (Å²) in [4.78, 5) is 12.2. The first-order valence-electron chi connectivity index (χ1n) is 6.29. The first-order valence-corrected chi connectivity index (χ1v) is 6.29. The molecule has 4 nitrogen and oxygen atoms in total. The summed E-state index contributed by atoms with van der Waals surface area (Å²) in [5.41, 5.74) is 6.51. The number of carbonyl (C=O) groups excluding carboxylic acids is 1. The number of nitrogens with two attached hydrogens (primary N) is 1. The number of benzene rings is 1. The van der Waals surface area contributed by atoms with Gasteiger partial charge in [0.1, 0.15) is 11.5 Å². The molecule has 0 radical (unpaired) electrons. The molecule has 0 saturated heterocycles. The van der Waals surface area contributed by atoms with Crippen LogP contribution in [0.1, 0.15) is 37.6 Å². The molecule has 0 heterocycles. The summed E-state index contributed by atoms with van der Waals surface area (Å²) in [7, 11) is 3.12. The number of hydrogen-bond donors (Lipinski definition) is 1. The molecule has 0 fully saturated rings. The minimum Gasteiger partial charge on any atom is -0.497 e. The molecule has 0 bridgehead atoms. The van der Waals surface area contributed by atoms with Gasteiger partial charge in [-0.1, -0.05) is 20.8 Å². The molecule has 1 unspecified atom stereocenters. The predicted octanol–water partition coefficient (Wildman–Crippen LogP) is 2.65. The Morgan fingerprint density at radius 1 is 1.16 bits per heavy atom. The third-order valence-corrected chi connectivity index (χ3v) is 3.19. The van der Waals surface area contributed by atoms with E-state index in [1.807, 2.05) is 20.8 Å². The quantitative estimate of drug-likeness (QED) is 0.831. The third kappa shape index (κ3) is 4.24. The molecule has 0 spiro atoms. The van der Waals surface area contributed by atoms with Crippen molar-refractivity contribution in [1.82, 2.24) is 0 Å². The Morgan fingerprint density at radius 3 is 2.00 bits per heavy atom. The van der Waals surface area contributed by atoms with Crippen LogP contribution in [0.2, 0.25) is 0 Å². The maximum absolute atomic E-state index is 12.2. The number of hydrogen-bond acceptors (Lipinski definition) is 4. The van der Waals surface area contributed by atoms with Crippen molar-refractivity contribution in [2.24, 2.45) is 11.1 Å². The van der Waals surface area contributed by atoms with Crippen molar-refractivity contribution >= 4 is 5.78 Å². The highest BCUT2D eigenvalue weighted by atomic mass is 16.5. The van der Waals surface area contributed by atoms with Gasteiger partial charge in [0, 0.05) is 24.1 Å². The van der Waals surface area contributed by atoms with Crippen molar-refractivity contribution in [3.8, 4) is 11.5 Å². The molecule has 1 rings (SSSR count). The molecule has 0 aromatic heterocycles. The molecule has 1 aromatic carbocycles. The second-order valence-electron chi connectivity index (χ2n) is 5.70. The van der Waals surface area contributed by atoms with Gasteiger partial charge in [-0.15, -0.1) is 0 Å². The zero-order chi connectivity index (χ0) is 14.6. The average molecular weight is 265 g/mol. The van der Waals surface area contributed by atoms with Gasteiger partial charge in [-0.2, -0.15) is 0 Å². The molecule has 0 aliphatic carbocycles. The predicted molar refractivity (Wildman–Crippen MR) is 75.9 cm³/mol. The Labute approximate surface area is 114 Å². The van der Waals surface area contributed by atoms with E-state index < -0.39 is 0 Å². The maximum atomic E-state index is 12.2. The molecule has 2 N–H and O–H groups in total. The van der Waals surface area contributed by atoms with Crippen LogP contribution in [0.5, 0.6) is 11.5 Å². The number of rotatable bonds is 5. The zero-order valence-corrected chi connectivity index (χ0v) is 12.3. The Bertz CT molecular complexity index is 427. The average Bonchev–Trinajstić information content (AvgIpc) is 2.36. The summed E-state index contributed by atoms with van der Waals surface area (Å²) in [6, 6.07) is 4.97. The van der Waals surface area contributed by atoms with E-state index >= 15 is 0 Å². The Morgan fingerprint density at radius 2 is 1.63 bits per heavy atom. The van der Waals surface area contributed by atoms with Gasteiger partial charge in [0.15, 0.2) is 5.78 Å². The van der Waals surface area contributed by atoms with Crippen molar-refractivity contribution in [1.29, 1.82) is 0 Å². The fraction of sp³-hybridized carbons (Fsp3) is 0.533. The molecule has 4 heteroatoms. The van der Waals surface area contributed by atoms with Crippen LogP contribution in [0, 0.1) is 5.41 Å². The smallest absolute Gasteiger partial charge is 0.164 e. The summed E-state index contributed by atoms with van der Waals surface area (Å²) in [6.07, 6.45) is 0.305. The first kappa shape index (κ1) is 15.5. The van der Waals surface area contributed by atoms with Crippen LogP contribution in [-0.2, 0) is 0 Å². The van der Waals surface area contributed by atoms with E-state index in [1.165, 1.54) is 0 Å². The summed E-state index contributed by atoms with van der Waals surface area (Å²) < 4.78 is 10.3. The Balaban J connectivity index is 2.93. The third-order valence-electron chi connectivity index (χ3n) is 3.19. The van der Waals surface area contributed by atoms with Crippen LogP contribution >= 0.6 is 0 Å². The van der Waals surface area contributed by atoms with Crippen molar-refractivity contribution in [2.45, 2.75) is 33.2 Å². The van der Waals surface area contributed by atoms with Crippen LogP contribution in [0.25, 0.3) is 0 Å². The minimum absolute atomic E-state index is 0.000347. The molecule has 19 heavy (non-hydrogen) atoms. The normalized spacial score (nSPS) is 12.9. The molecule has 106 valence electrons. The van der Waals surface area contributed by atoms with Crippen LogP contribution in [0.3, 0.4) is 0 Å². The molecule has 0 amide bonds. The maximum Gasteiger partial charge on any atom is 0.164 e. The lowest BCUT2D eigenvalue weighted by molar-refractivity contribution is 0.0952. The molecule has 0 aliphatic heterocycles. The minimum atomic E-state index is -0.183. The van der Waals surface area contributed by atoms with Gasteiger partial charge in [0.2, 0.25) is 0 Å². The van der Waals surface area contributed by atoms with E-state index in [1.54, 1.807) is 32.4 Å². The van der Waals surface area contributed by atoms with Crippen molar-refractivity contribution in [3.05, 3.63) is 23.8 Å². The fourth-order valence-electron chi connectivity index (χ4n) is 1.59. The second kappa shape index (κ2) is 6.06. The number of ketones is 1. The van der Waals surface area contributed by atoms with Gasteiger partial charge in [-0.25, -0.2) is 0 Å². The number of Topliss-reactive ketones (excluding diaryl/α,β-unsaturated/α-hetero) is 1. The SMILES string of the molecule is COc1cc(OC)cc(C(=O)CC(N)C(C)(C)C)c1. The second-order valence-corrected chi connectivity index (χ2v) is 5.70. The monoisotopic (exact) mass is 265 g/mol. The summed E-state index contributed by atoms with van der Waals surface area (Å²) in [5, 5.41) is 0. The topological polar surface area (TPSA) is 61.5 Å². The number of carbonyl (C=O) groups is 1. The van der Waals surface area contributed by atoms with Crippen LogP contribution in [-0.4, -0.2) is 26.0 Å². The first-order chi connectivity index (χ1) is 8.77. The molecule has 0 saturated carbocycles. The molecule has 0 aliphatic rings. The molecule has 1 atom stereocenters. The molecular formula is C15H23NO3. The standard InChI is InChI=1S/C15H23NO3/c1-15(2,3)14(16)9-13(17)10-6-11(18-4)8-12(7-10)19-5/h6-8,14H,9,16H2,1-5H3. The van der Waals surface area contributed by atoms with Gasteiger partial charge in [-0.05, 0) is 17.5 Å². The lowest BCUT2D eigenvalue weighted by Crippen LogP contribution is -2.36. The highest BCUT2D eigenvalue weighted by molar-refractivity contribution is 5.97. The fourth-order valence-corrected chi connectivity index (χ4v) is 1.59. The van der Waals surface area contributed by atoms with Crippen LogP contribution < -0.4 is 15.2 Å². The van der Waals surface area contributed by atoms with E-state index in [-0.39, 0.29) is 17.2 Å². The zero-order valence-electron chi connectivity index (χ0n) is 12.3.